The van der Waals surface area contributed by atoms with Crippen LogP contribution in [0.1, 0.15) is 34.3 Å². The zero-order valence-corrected chi connectivity index (χ0v) is 14.5. The number of carbonyl (C=O) groups is 3. The summed E-state index contributed by atoms with van der Waals surface area (Å²) in [6.45, 7) is 1.89. The molecule has 1 saturated heterocycles. The van der Waals surface area contributed by atoms with E-state index in [-0.39, 0.29) is 35.4 Å². The van der Waals surface area contributed by atoms with Gasteiger partial charge in [0.05, 0.1) is 5.56 Å². The van der Waals surface area contributed by atoms with E-state index in [1.165, 1.54) is 6.07 Å². The van der Waals surface area contributed by atoms with Gasteiger partial charge in [-0.25, -0.2) is 0 Å². The van der Waals surface area contributed by atoms with Gasteiger partial charge in [0.15, 0.2) is 23.1 Å². The van der Waals surface area contributed by atoms with Gasteiger partial charge < -0.3 is 20.7 Å². The van der Waals surface area contributed by atoms with E-state index in [9.17, 15) is 24.6 Å². The number of epoxide rings is 1. The highest BCUT2D eigenvalue weighted by molar-refractivity contribution is 6.21. The molecule has 7 heteroatoms. The van der Waals surface area contributed by atoms with Crippen molar-refractivity contribution in [2.45, 2.75) is 31.8 Å². The summed E-state index contributed by atoms with van der Waals surface area (Å²) in [5.41, 5.74) is 5.94. The van der Waals surface area contributed by atoms with E-state index in [2.05, 4.69) is 0 Å². The van der Waals surface area contributed by atoms with Crippen molar-refractivity contribution in [3.63, 3.8) is 0 Å². The fourth-order valence-corrected chi connectivity index (χ4v) is 5.06. The Morgan fingerprint density at radius 1 is 1.26 bits per heavy atom. The third-order valence-corrected chi connectivity index (χ3v) is 6.35. The number of fused-ring (bicyclic) bond motifs is 2. The van der Waals surface area contributed by atoms with Crippen LogP contribution in [0.5, 0.6) is 5.75 Å². The van der Waals surface area contributed by atoms with Gasteiger partial charge >= 0.3 is 0 Å². The normalized spacial score (nSPS) is 30.9. The number of hydrogen-bond donors (Lipinski definition) is 3. The molecule has 1 aliphatic heterocycles. The van der Waals surface area contributed by atoms with Gasteiger partial charge in [-0.15, -0.1) is 0 Å². The first-order valence-corrected chi connectivity index (χ1v) is 8.83. The van der Waals surface area contributed by atoms with Gasteiger partial charge in [-0.1, -0.05) is 6.07 Å². The first-order chi connectivity index (χ1) is 12.8. The molecule has 1 heterocycles. The summed E-state index contributed by atoms with van der Waals surface area (Å²) in [4.78, 5) is 37.1. The molecule has 0 bridgehead atoms. The molecule has 5 rings (SSSR count). The number of benzene rings is 1. The summed E-state index contributed by atoms with van der Waals surface area (Å²) < 4.78 is 5.74. The molecule has 1 aromatic rings. The van der Waals surface area contributed by atoms with Crippen LogP contribution in [0.2, 0.25) is 0 Å². The molecule has 0 radical (unpaired) electrons. The molecule has 27 heavy (non-hydrogen) atoms. The Kier molecular flexibility index (Phi) is 2.86. The summed E-state index contributed by atoms with van der Waals surface area (Å²) in [7, 11) is 0. The lowest BCUT2D eigenvalue weighted by molar-refractivity contribution is -0.123. The standard InChI is InChI=1S/C20H17NO6/c1-7-2-3-11(22)14-10(7)5-8-4-9-6-12(23)15(19(21)26)17(25)20(9)18(27-20)13(8)16(14)24/h2-3,8-9,22,25H,4-6H2,1H3,(H2,21,26)/t8?,9-,20+/m0/s1. The van der Waals surface area contributed by atoms with Crippen molar-refractivity contribution in [2.75, 3.05) is 0 Å². The molecule has 1 amide bonds. The average molecular weight is 367 g/mol. The topological polar surface area (TPSA) is 130 Å². The first-order valence-electron chi connectivity index (χ1n) is 8.83. The van der Waals surface area contributed by atoms with E-state index in [0.29, 0.717) is 24.2 Å². The fourth-order valence-electron chi connectivity index (χ4n) is 5.06. The summed E-state index contributed by atoms with van der Waals surface area (Å²) in [6, 6.07) is 3.27. The van der Waals surface area contributed by atoms with Crippen LogP contribution >= 0.6 is 0 Å². The number of ketones is 2. The molecule has 7 nitrogen and oxygen atoms in total. The van der Waals surface area contributed by atoms with Crippen LogP contribution in [0.25, 0.3) is 0 Å². The van der Waals surface area contributed by atoms with Gasteiger partial charge in [-0.3, -0.25) is 14.4 Å². The molecule has 1 aromatic carbocycles. The molecule has 4 aliphatic rings. The molecule has 1 spiro atoms. The number of rotatable bonds is 1. The Bertz CT molecular complexity index is 1050. The second-order valence-electron chi connectivity index (χ2n) is 7.71. The Balaban J connectivity index is 1.71. The van der Waals surface area contributed by atoms with Crippen molar-refractivity contribution >= 4 is 17.5 Å². The number of aryl methyl sites for hydroxylation is 1. The Morgan fingerprint density at radius 3 is 2.70 bits per heavy atom. The number of ether oxygens (including phenoxy) is 1. The minimum Gasteiger partial charge on any atom is -0.507 e. The molecule has 138 valence electrons. The van der Waals surface area contributed by atoms with Gasteiger partial charge in [0.1, 0.15) is 11.3 Å². The number of hydrogen-bond acceptors (Lipinski definition) is 6. The molecule has 1 fully saturated rings. The number of nitrogens with two attached hydrogens (primary N) is 1. The van der Waals surface area contributed by atoms with Gasteiger partial charge in [0.2, 0.25) is 5.60 Å². The number of aromatic hydroxyl groups is 1. The zero-order valence-electron chi connectivity index (χ0n) is 14.5. The quantitative estimate of drug-likeness (QED) is 0.508. The van der Waals surface area contributed by atoms with Crippen LogP contribution in [-0.2, 0) is 20.7 Å². The van der Waals surface area contributed by atoms with E-state index < -0.39 is 28.6 Å². The zero-order chi connectivity index (χ0) is 19.2. The minimum atomic E-state index is -1.29. The molecule has 4 N–H and O–H groups in total. The molecule has 0 saturated carbocycles. The van der Waals surface area contributed by atoms with E-state index in [4.69, 9.17) is 10.5 Å². The van der Waals surface area contributed by atoms with Crippen molar-refractivity contribution in [1.82, 2.24) is 0 Å². The monoisotopic (exact) mass is 367 g/mol. The second kappa shape index (κ2) is 4.79. The van der Waals surface area contributed by atoms with E-state index >= 15 is 0 Å². The maximum atomic E-state index is 13.2. The predicted molar refractivity (Wildman–Crippen MR) is 91.8 cm³/mol. The number of aliphatic hydroxyl groups is 1. The smallest absolute Gasteiger partial charge is 0.255 e. The maximum absolute atomic E-state index is 13.2. The number of phenols is 1. The van der Waals surface area contributed by atoms with Crippen LogP contribution in [-0.4, -0.2) is 33.3 Å². The molecule has 0 aromatic heterocycles. The van der Waals surface area contributed by atoms with Gasteiger partial charge in [0.25, 0.3) is 5.91 Å². The number of carbonyl (C=O) groups excluding carboxylic acids is 3. The summed E-state index contributed by atoms with van der Waals surface area (Å²) in [6.07, 6.45) is 1.06. The van der Waals surface area contributed by atoms with Crippen LogP contribution in [0.15, 0.2) is 34.8 Å². The Labute approximate surface area is 154 Å². The first kappa shape index (κ1) is 16.1. The van der Waals surface area contributed by atoms with Crippen molar-refractivity contribution in [1.29, 1.82) is 0 Å². The predicted octanol–water partition coefficient (Wildman–Crippen LogP) is 1.37. The van der Waals surface area contributed by atoms with Gasteiger partial charge in [-0.2, -0.15) is 0 Å². The van der Waals surface area contributed by atoms with Gasteiger partial charge in [-0.05, 0) is 42.9 Å². The lowest BCUT2D eigenvalue weighted by Gasteiger charge is -2.36. The number of allylic oxidation sites excluding steroid dienone is 1. The third-order valence-electron chi connectivity index (χ3n) is 6.35. The van der Waals surface area contributed by atoms with Crippen LogP contribution in [0, 0.1) is 18.8 Å². The number of Topliss-reactive ketones (excluding diaryl/α,β-unsaturated/α-hetero) is 2. The molecule has 3 aliphatic carbocycles. The number of phenolic OH excluding ortho intramolecular Hbond substituents is 1. The Hall–Kier alpha value is -3.09. The summed E-state index contributed by atoms with van der Waals surface area (Å²) in [5.74, 6) is -2.57. The van der Waals surface area contributed by atoms with Crippen molar-refractivity contribution in [3.8, 4) is 5.75 Å². The SMILES string of the molecule is Cc1ccc(O)c2c1CC1C[C@H]3CC(=O)C(C(N)=O)=C(O)[C@]34OC4=C1C2=O. The van der Waals surface area contributed by atoms with Crippen LogP contribution < -0.4 is 5.73 Å². The Morgan fingerprint density at radius 2 is 2.00 bits per heavy atom. The summed E-state index contributed by atoms with van der Waals surface area (Å²) in [5, 5.41) is 20.8. The lowest BCUT2D eigenvalue weighted by Crippen LogP contribution is -2.43. The second-order valence-corrected chi connectivity index (χ2v) is 7.71. The highest BCUT2D eigenvalue weighted by Gasteiger charge is 2.71. The molecular formula is C20H17NO6. The van der Waals surface area contributed by atoms with Crippen molar-refractivity contribution < 1.29 is 29.3 Å². The number of primary amides is 1. The number of amides is 1. The van der Waals surface area contributed by atoms with Gasteiger partial charge in [0, 0.05) is 17.9 Å². The van der Waals surface area contributed by atoms with Crippen molar-refractivity contribution in [3.05, 3.63) is 51.5 Å². The third kappa shape index (κ3) is 1.79. The molecule has 1 unspecified atom stereocenters. The van der Waals surface area contributed by atoms with E-state index in [1.807, 2.05) is 6.92 Å². The van der Waals surface area contributed by atoms with Crippen molar-refractivity contribution in [2.24, 2.45) is 17.6 Å². The van der Waals surface area contributed by atoms with E-state index in [1.54, 1.807) is 6.07 Å². The van der Waals surface area contributed by atoms with Crippen LogP contribution in [0.4, 0.5) is 0 Å². The minimum absolute atomic E-state index is 0.0374. The number of aliphatic hydroxyl groups excluding tert-OH is 1. The maximum Gasteiger partial charge on any atom is 0.255 e. The highest BCUT2D eigenvalue weighted by atomic mass is 16.6. The van der Waals surface area contributed by atoms with E-state index in [0.717, 1.165) is 11.1 Å². The largest absolute Gasteiger partial charge is 0.507 e. The average Bonchev–Trinajstić information content (AvgIpc) is 3.33. The summed E-state index contributed by atoms with van der Waals surface area (Å²) >= 11 is 0. The highest BCUT2D eigenvalue weighted by Crippen LogP contribution is 2.64. The molecular weight excluding hydrogens is 350 g/mol. The molecule has 3 atom stereocenters. The lowest BCUT2D eigenvalue weighted by atomic mass is 9.63. The van der Waals surface area contributed by atoms with Crippen LogP contribution in [0.3, 0.4) is 0 Å². The fraction of sp³-hybridized carbons (Fsp3) is 0.350.